The molecule has 0 unspecified atom stereocenters. The first-order chi connectivity index (χ1) is 9.35. The molecular formula is C14H16BrN3O2. The van der Waals surface area contributed by atoms with E-state index in [4.69, 9.17) is 4.74 Å². The van der Waals surface area contributed by atoms with Gasteiger partial charge in [-0.25, -0.2) is 4.79 Å². The number of carbonyl (C=O) groups excluding carboxylic acids is 1. The van der Waals surface area contributed by atoms with Crippen LogP contribution in [0, 0.1) is 0 Å². The lowest BCUT2D eigenvalue weighted by atomic mass is 10.2. The molecule has 0 N–H and O–H groups in total. The van der Waals surface area contributed by atoms with Crippen molar-refractivity contribution in [3.05, 3.63) is 34.9 Å². The second kappa shape index (κ2) is 5.75. The number of benzene rings is 1. The maximum absolute atomic E-state index is 11.7. The maximum atomic E-state index is 11.7. The summed E-state index contributed by atoms with van der Waals surface area (Å²) in [6.07, 6.45) is 0. The second-order valence-electron chi connectivity index (χ2n) is 5.32. The summed E-state index contributed by atoms with van der Waals surface area (Å²) in [6, 6.07) is 9.66. The average molecular weight is 338 g/mol. The maximum Gasteiger partial charge on any atom is 0.330 e. The Balaban J connectivity index is 2.14. The van der Waals surface area contributed by atoms with Crippen LogP contribution in [0.25, 0.3) is 11.3 Å². The highest BCUT2D eigenvalue weighted by atomic mass is 79.9. The number of hydrogen-bond donors (Lipinski definition) is 0. The molecule has 0 aliphatic rings. The molecule has 0 saturated heterocycles. The van der Waals surface area contributed by atoms with Gasteiger partial charge in [0, 0.05) is 5.56 Å². The Morgan fingerprint density at radius 1 is 1.25 bits per heavy atom. The van der Waals surface area contributed by atoms with E-state index < -0.39 is 5.60 Å². The number of carbonyl (C=O) groups is 1. The van der Waals surface area contributed by atoms with E-state index in [1.807, 2.05) is 51.1 Å². The van der Waals surface area contributed by atoms with E-state index in [1.165, 1.54) is 4.80 Å². The highest BCUT2D eigenvalue weighted by Crippen LogP contribution is 2.24. The first-order valence-electron chi connectivity index (χ1n) is 6.23. The summed E-state index contributed by atoms with van der Waals surface area (Å²) in [5.74, 6) is -0.361. The normalized spacial score (nSPS) is 11.4. The molecule has 0 amide bonds. The molecular weight excluding hydrogens is 322 g/mol. The highest BCUT2D eigenvalue weighted by Gasteiger charge is 2.18. The van der Waals surface area contributed by atoms with E-state index in [2.05, 4.69) is 26.1 Å². The summed E-state index contributed by atoms with van der Waals surface area (Å²) in [5, 5.41) is 8.49. The van der Waals surface area contributed by atoms with Crippen LogP contribution in [-0.4, -0.2) is 26.6 Å². The first-order valence-corrected chi connectivity index (χ1v) is 7.02. The van der Waals surface area contributed by atoms with Gasteiger partial charge in [0.25, 0.3) is 0 Å². The molecule has 1 aromatic heterocycles. The lowest BCUT2D eigenvalue weighted by molar-refractivity contribution is -0.156. The van der Waals surface area contributed by atoms with Gasteiger partial charge in [-0.2, -0.15) is 9.90 Å². The Hall–Kier alpha value is -1.69. The fourth-order valence-electron chi connectivity index (χ4n) is 1.66. The van der Waals surface area contributed by atoms with Gasteiger partial charge in [-0.05, 0) is 36.7 Å². The van der Waals surface area contributed by atoms with Gasteiger partial charge in [0.15, 0.2) is 11.1 Å². The van der Waals surface area contributed by atoms with Crippen LogP contribution in [-0.2, 0) is 16.1 Å². The minimum atomic E-state index is -0.510. The van der Waals surface area contributed by atoms with E-state index in [0.717, 1.165) is 5.56 Å². The molecule has 0 aliphatic carbocycles. The zero-order valence-electron chi connectivity index (χ0n) is 11.6. The number of ether oxygens (including phenoxy) is 1. The minimum Gasteiger partial charge on any atom is -0.459 e. The van der Waals surface area contributed by atoms with Crippen molar-refractivity contribution in [1.29, 1.82) is 0 Å². The zero-order chi connectivity index (χ0) is 14.8. The molecule has 1 heterocycles. The SMILES string of the molecule is CC(C)(C)OC(=O)Cn1nc(Br)c(-c2ccccc2)n1. The molecule has 0 fully saturated rings. The van der Waals surface area contributed by atoms with Crippen molar-refractivity contribution in [2.75, 3.05) is 0 Å². The monoisotopic (exact) mass is 337 g/mol. The van der Waals surface area contributed by atoms with Crippen molar-refractivity contribution in [3.63, 3.8) is 0 Å². The van der Waals surface area contributed by atoms with Gasteiger partial charge in [-0.1, -0.05) is 30.3 Å². The molecule has 0 atom stereocenters. The van der Waals surface area contributed by atoms with Crippen molar-refractivity contribution in [2.45, 2.75) is 32.9 Å². The van der Waals surface area contributed by atoms with Gasteiger partial charge < -0.3 is 4.74 Å². The molecule has 1 aromatic carbocycles. The van der Waals surface area contributed by atoms with Crippen LogP contribution in [0.5, 0.6) is 0 Å². The predicted molar refractivity (Wildman–Crippen MR) is 79.0 cm³/mol. The summed E-state index contributed by atoms with van der Waals surface area (Å²) in [7, 11) is 0. The summed E-state index contributed by atoms with van der Waals surface area (Å²) in [5.41, 5.74) is 1.13. The van der Waals surface area contributed by atoms with Crippen LogP contribution in [0.15, 0.2) is 34.9 Å². The number of nitrogens with zero attached hydrogens (tertiary/aromatic N) is 3. The smallest absolute Gasteiger partial charge is 0.330 e. The van der Waals surface area contributed by atoms with Gasteiger partial charge in [0.1, 0.15) is 11.3 Å². The first kappa shape index (κ1) is 14.7. The summed E-state index contributed by atoms with van der Waals surface area (Å²) >= 11 is 3.36. The Labute approximate surface area is 126 Å². The third-order valence-electron chi connectivity index (χ3n) is 2.35. The Morgan fingerprint density at radius 3 is 2.50 bits per heavy atom. The van der Waals surface area contributed by atoms with Crippen LogP contribution in [0.4, 0.5) is 0 Å². The number of hydrogen-bond acceptors (Lipinski definition) is 4. The molecule has 5 nitrogen and oxygen atoms in total. The fourth-order valence-corrected chi connectivity index (χ4v) is 2.15. The van der Waals surface area contributed by atoms with E-state index in [0.29, 0.717) is 10.3 Å². The Kier molecular flexibility index (Phi) is 4.23. The van der Waals surface area contributed by atoms with Gasteiger partial charge in [-0.15, -0.1) is 5.10 Å². The van der Waals surface area contributed by atoms with Crippen LogP contribution in [0.2, 0.25) is 0 Å². The molecule has 0 saturated carbocycles. The van der Waals surface area contributed by atoms with Crippen molar-refractivity contribution < 1.29 is 9.53 Å². The molecule has 0 spiro atoms. The van der Waals surface area contributed by atoms with Crippen LogP contribution in [0.1, 0.15) is 20.8 Å². The van der Waals surface area contributed by atoms with E-state index >= 15 is 0 Å². The Morgan fingerprint density at radius 2 is 1.90 bits per heavy atom. The molecule has 106 valence electrons. The highest BCUT2D eigenvalue weighted by molar-refractivity contribution is 9.10. The third kappa shape index (κ3) is 3.90. The van der Waals surface area contributed by atoms with E-state index in [9.17, 15) is 4.79 Å². The second-order valence-corrected chi connectivity index (χ2v) is 6.07. The number of aromatic nitrogens is 3. The zero-order valence-corrected chi connectivity index (χ0v) is 13.2. The van der Waals surface area contributed by atoms with Crippen LogP contribution in [0.3, 0.4) is 0 Å². The fraction of sp³-hybridized carbons (Fsp3) is 0.357. The van der Waals surface area contributed by atoms with Crippen molar-refractivity contribution in [2.24, 2.45) is 0 Å². The topological polar surface area (TPSA) is 57.0 Å². The molecule has 6 heteroatoms. The summed E-state index contributed by atoms with van der Waals surface area (Å²) in [6.45, 7) is 5.47. The molecule has 0 radical (unpaired) electrons. The molecule has 2 rings (SSSR count). The van der Waals surface area contributed by atoms with Gasteiger partial charge in [0.2, 0.25) is 0 Å². The van der Waals surface area contributed by atoms with E-state index in [1.54, 1.807) is 0 Å². The summed E-state index contributed by atoms with van der Waals surface area (Å²) in [4.78, 5) is 13.1. The number of esters is 1. The lowest BCUT2D eigenvalue weighted by Gasteiger charge is -2.18. The van der Waals surface area contributed by atoms with Crippen molar-refractivity contribution in [3.8, 4) is 11.3 Å². The quantitative estimate of drug-likeness (QED) is 0.807. The van der Waals surface area contributed by atoms with Gasteiger partial charge in [0.05, 0.1) is 0 Å². The van der Waals surface area contributed by atoms with Crippen molar-refractivity contribution >= 4 is 21.9 Å². The van der Waals surface area contributed by atoms with Crippen LogP contribution >= 0.6 is 15.9 Å². The third-order valence-corrected chi connectivity index (χ3v) is 2.89. The standard InChI is InChI=1S/C14H16BrN3O2/c1-14(2,3)20-11(19)9-18-16-12(13(15)17-18)10-7-5-4-6-8-10/h4-8H,9H2,1-3H3. The van der Waals surface area contributed by atoms with Crippen LogP contribution < -0.4 is 0 Å². The number of rotatable bonds is 3. The molecule has 0 bridgehead atoms. The number of halogens is 1. The molecule has 20 heavy (non-hydrogen) atoms. The van der Waals surface area contributed by atoms with Crippen molar-refractivity contribution in [1.82, 2.24) is 15.0 Å². The van der Waals surface area contributed by atoms with E-state index in [-0.39, 0.29) is 12.5 Å². The predicted octanol–water partition coefficient (Wildman–Crippen LogP) is 3.05. The Bertz CT molecular complexity index is 603. The summed E-state index contributed by atoms with van der Waals surface area (Å²) < 4.78 is 5.85. The largest absolute Gasteiger partial charge is 0.459 e. The van der Waals surface area contributed by atoms with Gasteiger partial charge in [-0.3, -0.25) is 0 Å². The van der Waals surface area contributed by atoms with Gasteiger partial charge >= 0.3 is 5.97 Å². The lowest BCUT2D eigenvalue weighted by Crippen LogP contribution is -2.27. The average Bonchev–Trinajstić information content (AvgIpc) is 2.68. The minimum absolute atomic E-state index is 0.0112. The molecule has 2 aromatic rings. The molecule has 0 aliphatic heterocycles.